The lowest BCUT2D eigenvalue weighted by Gasteiger charge is -2.23. The maximum Gasteiger partial charge on any atom is 0.458 e. The van der Waals surface area contributed by atoms with Gasteiger partial charge >= 0.3 is 13.4 Å². The Balaban J connectivity index is 1.12. The van der Waals surface area contributed by atoms with Crippen molar-refractivity contribution in [2.24, 2.45) is 0 Å². The number of fused-ring (bicyclic) bond motifs is 1. The van der Waals surface area contributed by atoms with Crippen LogP contribution < -0.4 is 26.4 Å². The van der Waals surface area contributed by atoms with Gasteiger partial charge in [0.25, 0.3) is 0 Å². The molecule has 320 valence electrons. The van der Waals surface area contributed by atoms with E-state index in [4.69, 9.17) is 19.5 Å². The van der Waals surface area contributed by atoms with E-state index in [0.29, 0.717) is 30.2 Å². The number of nitrogens with one attached hydrogen (secondary N) is 2. The third kappa shape index (κ3) is 17.3. The van der Waals surface area contributed by atoms with Gasteiger partial charge in [0.15, 0.2) is 6.23 Å². The number of nitrogens with two attached hydrogens (primary N) is 1. The molecule has 1 aromatic heterocycles. The van der Waals surface area contributed by atoms with Crippen LogP contribution in [-0.4, -0.2) is 80.2 Å². The highest BCUT2D eigenvalue weighted by atomic mass is 33.1. The molecular formula is C42H57N6O8PS2. The zero-order valence-electron chi connectivity index (χ0n) is 33.4. The van der Waals surface area contributed by atoms with Crippen LogP contribution in [0, 0.1) is 0 Å². The minimum atomic E-state index is -4.09. The minimum Gasteiger partial charge on any atom is -0.413 e. The van der Waals surface area contributed by atoms with Crippen molar-refractivity contribution in [1.82, 2.24) is 24.9 Å². The summed E-state index contributed by atoms with van der Waals surface area (Å²) in [4.78, 5) is 31.9. The Bertz CT molecular complexity index is 1990. The number of nitrogens with zero attached hydrogens (tertiary/aromatic N) is 3. The largest absolute Gasteiger partial charge is 0.458 e. The van der Waals surface area contributed by atoms with E-state index < -0.39 is 44.6 Å². The van der Waals surface area contributed by atoms with Crippen LogP contribution in [-0.2, 0) is 18.6 Å². The maximum absolute atomic E-state index is 14.2. The van der Waals surface area contributed by atoms with Gasteiger partial charge < -0.3 is 30.5 Å². The van der Waals surface area contributed by atoms with Crippen molar-refractivity contribution in [2.75, 3.05) is 36.9 Å². The second-order valence-electron chi connectivity index (χ2n) is 13.3. The van der Waals surface area contributed by atoms with E-state index in [9.17, 15) is 24.4 Å². The first-order chi connectivity index (χ1) is 28.7. The van der Waals surface area contributed by atoms with E-state index in [0.717, 1.165) is 66.6 Å². The molecule has 6 N–H and O–H groups in total. The van der Waals surface area contributed by atoms with Gasteiger partial charge in [-0.1, -0.05) is 126 Å². The fraction of sp³-hybridized carbons (Fsp3) is 0.429. The van der Waals surface area contributed by atoms with Crippen LogP contribution in [0.5, 0.6) is 5.75 Å². The van der Waals surface area contributed by atoms with Crippen LogP contribution in [0.25, 0.3) is 10.8 Å². The van der Waals surface area contributed by atoms with Crippen LogP contribution in [0.15, 0.2) is 114 Å². The van der Waals surface area contributed by atoms with Gasteiger partial charge in [-0.25, -0.2) is 19.4 Å². The van der Waals surface area contributed by atoms with Crippen molar-refractivity contribution in [3.63, 3.8) is 0 Å². The number of amides is 1. The van der Waals surface area contributed by atoms with E-state index in [-0.39, 0.29) is 18.4 Å². The van der Waals surface area contributed by atoms with Crippen molar-refractivity contribution < 1.29 is 33.4 Å². The molecule has 14 nitrogen and oxygen atoms in total. The predicted octanol–water partition coefficient (Wildman–Crippen LogP) is 7.21. The Morgan fingerprint density at radius 2 is 1.56 bits per heavy atom. The first-order valence-corrected chi connectivity index (χ1v) is 23.9. The summed E-state index contributed by atoms with van der Waals surface area (Å²) in [5.74, 6) is 1.32. The Morgan fingerprint density at radius 3 is 2.25 bits per heavy atom. The molecule has 3 aromatic rings. The zero-order valence-corrected chi connectivity index (χ0v) is 35.9. The summed E-state index contributed by atoms with van der Waals surface area (Å²) in [5.41, 5.74) is 4.64. The van der Waals surface area contributed by atoms with E-state index in [2.05, 4.69) is 88.1 Å². The smallest absolute Gasteiger partial charge is 0.413 e. The van der Waals surface area contributed by atoms with Crippen molar-refractivity contribution >= 4 is 52.0 Å². The molecule has 0 radical (unpaired) electrons. The van der Waals surface area contributed by atoms with Crippen LogP contribution >= 0.6 is 29.3 Å². The average molecular weight is 869 g/mol. The van der Waals surface area contributed by atoms with Crippen molar-refractivity contribution in [1.29, 1.82) is 0 Å². The number of allylic oxidation sites excluding steroid dienone is 10. The van der Waals surface area contributed by atoms with Gasteiger partial charge in [0.2, 0.25) is 11.9 Å². The number of aromatic nitrogens is 3. The van der Waals surface area contributed by atoms with Crippen molar-refractivity contribution in [3.05, 3.63) is 120 Å². The summed E-state index contributed by atoms with van der Waals surface area (Å²) < 4.78 is 32.6. The second kappa shape index (κ2) is 27.0. The average Bonchev–Trinajstić information content (AvgIpc) is 3.51. The van der Waals surface area contributed by atoms with Gasteiger partial charge in [-0.2, -0.15) is 4.98 Å². The summed E-state index contributed by atoms with van der Waals surface area (Å²) in [6.07, 6.45) is 24.2. The number of hydrogen-bond acceptors (Lipinski definition) is 13. The molecule has 1 aliphatic rings. The molecule has 59 heavy (non-hydrogen) atoms. The number of carbonyl (C=O) groups excluding carboxylic acids is 1. The topological polar surface area (TPSA) is 200 Å². The Kier molecular flexibility index (Phi) is 21.8. The molecular weight excluding hydrogens is 812 g/mol. The highest BCUT2D eigenvalue weighted by Crippen LogP contribution is 2.47. The first-order valence-electron chi connectivity index (χ1n) is 19.9. The number of ether oxygens (including phenoxy) is 1. The van der Waals surface area contributed by atoms with Gasteiger partial charge in [0.1, 0.15) is 30.4 Å². The van der Waals surface area contributed by atoms with Gasteiger partial charge in [-0.3, -0.25) is 13.9 Å². The van der Waals surface area contributed by atoms with Gasteiger partial charge in [0.05, 0.1) is 6.61 Å². The lowest BCUT2D eigenvalue weighted by atomic mass is 10.1. The second-order valence-corrected chi connectivity index (χ2v) is 17.8. The third-order valence-corrected chi connectivity index (χ3v) is 12.7. The van der Waals surface area contributed by atoms with Crippen molar-refractivity contribution in [2.45, 2.75) is 82.8 Å². The van der Waals surface area contributed by atoms with Crippen LogP contribution in [0.1, 0.15) is 64.5 Å². The first kappa shape index (κ1) is 47.7. The Hall–Kier alpha value is -3.99. The number of rotatable bonds is 27. The number of anilines is 1. The molecule has 4 rings (SSSR count). The SMILES string of the molecule is CC/C=C\C/C=C\C/C=C\C/C=C\C/C=C\CCCC(=O)NCCSSCCNP(=O)(OC[C@H]1OC(n2cnc(N)nc2=O)[C@H](O)[C@@H]1O)Oc1cccc2ccccc12. The summed E-state index contributed by atoms with van der Waals surface area (Å²) >= 11 is 0. The Morgan fingerprint density at radius 1 is 0.915 bits per heavy atom. The molecule has 2 unspecified atom stereocenters. The zero-order chi connectivity index (χ0) is 42.1. The molecule has 0 spiro atoms. The van der Waals surface area contributed by atoms with E-state index in [1.807, 2.05) is 30.3 Å². The van der Waals surface area contributed by atoms with Crippen LogP contribution in [0.3, 0.4) is 0 Å². The fourth-order valence-corrected chi connectivity index (χ4v) is 9.04. The maximum atomic E-state index is 14.2. The molecule has 0 aliphatic carbocycles. The number of carbonyl (C=O) groups is 1. The molecule has 5 atom stereocenters. The third-order valence-electron chi connectivity index (χ3n) is 8.75. The van der Waals surface area contributed by atoms with Crippen molar-refractivity contribution in [3.8, 4) is 5.75 Å². The fourth-order valence-electron chi connectivity index (χ4n) is 5.72. The van der Waals surface area contributed by atoms with Gasteiger partial charge in [0, 0.05) is 36.4 Å². The molecule has 2 aromatic carbocycles. The normalized spacial score (nSPS) is 19.6. The number of hydrogen-bond donors (Lipinski definition) is 5. The predicted molar refractivity (Wildman–Crippen MR) is 239 cm³/mol. The molecule has 1 fully saturated rings. The minimum absolute atomic E-state index is 0.0253. The highest BCUT2D eigenvalue weighted by Gasteiger charge is 2.45. The molecule has 17 heteroatoms. The summed E-state index contributed by atoms with van der Waals surface area (Å²) in [6, 6.07) is 12.8. The number of aliphatic hydroxyl groups excluding tert-OH is 2. The van der Waals surface area contributed by atoms with Crippen LogP contribution in [0.2, 0.25) is 0 Å². The summed E-state index contributed by atoms with van der Waals surface area (Å²) in [5, 5.41) is 28.8. The standard InChI is InChI=1S/C42H57N6O8PS2/c1-2-3-4-5-6-7-8-9-10-11-12-13-14-15-16-17-18-26-37(49)44-27-29-58-59-30-28-46-57(53,56-35-25-21-23-33-22-19-20-24-34(33)35)54-31-36-38(50)39(51)40(55-36)48-32-45-41(43)47-42(48)52/h3-4,6-7,9-10,12-13,15-16,19-25,32,36,38-40,50-51H,2,5,8,11,14,17-18,26-31H2,1H3,(H,44,49)(H,46,53)(H2,43,47,52)/b4-3-,7-6-,10-9-,13-12-,16-15-/t36-,38-,39-,40?,57?/m1/s1. The number of aliphatic hydroxyl groups is 2. The van der Waals surface area contributed by atoms with E-state index in [1.54, 1.807) is 22.9 Å². The molecule has 1 aliphatic heterocycles. The highest BCUT2D eigenvalue weighted by molar-refractivity contribution is 8.76. The quantitative estimate of drug-likeness (QED) is 0.0223. The van der Waals surface area contributed by atoms with E-state index >= 15 is 0 Å². The molecule has 0 bridgehead atoms. The lowest BCUT2D eigenvalue weighted by molar-refractivity contribution is -0.121. The number of unbranched alkanes of at least 4 members (excludes halogenated alkanes) is 1. The summed E-state index contributed by atoms with van der Waals surface area (Å²) in [7, 11) is -0.976. The van der Waals surface area contributed by atoms with Crippen LogP contribution in [0.4, 0.5) is 5.95 Å². The number of nitrogen functional groups attached to an aromatic ring is 1. The van der Waals surface area contributed by atoms with Gasteiger partial charge in [-0.05, 0) is 56.4 Å². The summed E-state index contributed by atoms with van der Waals surface area (Å²) in [6.45, 7) is 2.46. The molecule has 1 amide bonds. The lowest BCUT2D eigenvalue weighted by Crippen LogP contribution is -2.36. The van der Waals surface area contributed by atoms with Gasteiger partial charge in [-0.15, -0.1) is 0 Å². The molecule has 2 heterocycles. The molecule has 0 saturated carbocycles. The molecule has 1 saturated heterocycles. The van der Waals surface area contributed by atoms with E-state index in [1.165, 1.54) is 10.8 Å². The Labute approximate surface area is 354 Å². The monoisotopic (exact) mass is 868 g/mol. The number of benzene rings is 2.